The third-order valence-electron chi connectivity index (χ3n) is 5.04. The largest absolute Gasteiger partial charge is 0.463 e. The van der Waals surface area contributed by atoms with Crippen molar-refractivity contribution in [1.82, 2.24) is 23.7 Å². The molecule has 0 amide bonds. The van der Waals surface area contributed by atoms with Crippen molar-refractivity contribution in [3.8, 4) is 11.5 Å². The number of imidazole rings is 1. The van der Waals surface area contributed by atoms with Crippen LogP contribution in [0.3, 0.4) is 0 Å². The zero-order valence-electron chi connectivity index (χ0n) is 17.4. The first kappa shape index (κ1) is 20.3. The number of aryl methyl sites for hydroxylation is 2. The standard InChI is InChI=1S/C21H21N5O5/c1-13-15(23-19(31-13)14-7-5-4-6-8-14)11-16(27)30-10-9-26-12-22-18-17(26)20(28)25(3)21(29)24(18)2/h4-8,12H,9-11H2,1-3H3. The van der Waals surface area contributed by atoms with Crippen LogP contribution < -0.4 is 11.2 Å². The van der Waals surface area contributed by atoms with Crippen molar-refractivity contribution in [3.05, 3.63) is 69.0 Å². The van der Waals surface area contributed by atoms with Gasteiger partial charge in [0.1, 0.15) is 12.4 Å². The highest BCUT2D eigenvalue weighted by Crippen LogP contribution is 2.21. The topological polar surface area (TPSA) is 114 Å². The van der Waals surface area contributed by atoms with Gasteiger partial charge < -0.3 is 13.7 Å². The molecule has 4 aromatic rings. The van der Waals surface area contributed by atoms with E-state index < -0.39 is 17.2 Å². The van der Waals surface area contributed by atoms with Gasteiger partial charge in [0.05, 0.1) is 25.0 Å². The molecule has 0 aliphatic rings. The fraction of sp³-hybridized carbons (Fsp3) is 0.286. The average Bonchev–Trinajstić information content (AvgIpc) is 3.35. The van der Waals surface area contributed by atoms with Gasteiger partial charge in [0.2, 0.25) is 5.89 Å². The number of esters is 1. The van der Waals surface area contributed by atoms with Crippen LogP contribution in [0.25, 0.3) is 22.6 Å². The van der Waals surface area contributed by atoms with Crippen molar-refractivity contribution < 1.29 is 13.9 Å². The molecule has 0 bridgehead atoms. The number of ether oxygens (including phenoxy) is 1. The van der Waals surface area contributed by atoms with E-state index in [2.05, 4.69) is 9.97 Å². The molecule has 31 heavy (non-hydrogen) atoms. The summed E-state index contributed by atoms with van der Waals surface area (Å²) in [6.45, 7) is 2.02. The highest BCUT2D eigenvalue weighted by atomic mass is 16.5. The van der Waals surface area contributed by atoms with Gasteiger partial charge in [0.25, 0.3) is 5.56 Å². The second-order valence-electron chi connectivity index (χ2n) is 7.10. The van der Waals surface area contributed by atoms with E-state index >= 15 is 0 Å². The monoisotopic (exact) mass is 423 g/mol. The summed E-state index contributed by atoms with van der Waals surface area (Å²) in [5, 5.41) is 0. The van der Waals surface area contributed by atoms with E-state index in [-0.39, 0.29) is 30.7 Å². The fourth-order valence-electron chi connectivity index (χ4n) is 3.31. The summed E-state index contributed by atoms with van der Waals surface area (Å²) in [6, 6.07) is 9.42. The Balaban J connectivity index is 1.42. The Morgan fingerprint density at radius 1 is 1.13 bits per heavy atom. The average molecular weight is 423 g/mol. The molecule has 0 saturated carbocycles. The normalized spacial score (nSPS) is 11.2. The van der Waals surface area contributed by atoms with E-state index in [4.69, 9.17) is 9.15 Å². The number of oxazole rings is 1. The first-order valence-electron chi connectivity index (χ1n) is 9.65. The van der Waals surface area contributed by atoms with Crippen molar-refractivity contribution in [2.24, 2.45) is 14.1 Å². The number of rotatable bonds is 6. The van der Waals surface area contributed by atoms with Crippen LogP contribution >= 0.6 is 0 Å². The smallest absolute Gasteiger partial charge is 0.332 e. The van der Waals surface area contributed by atoms with Crippen molar-refractivity contribution in [3.63, 3.8) is 0 Å². The number of carbonyl (C=O) groups excluding carboxylic acids is 1. The van der Waals surface area contributed by atoms with Crippen LogP contribution in [0.2, 0.25) is 0 Å². The van der Waals surface area contributed by atoms with Crippen molar-refractivity contribution >= 4 is 17.1 Å². The molecule has 10 nitrogen and oxygen atoms in total. The molecule has 10 heteroatoms. The summed E-state index contributed by atoms with van der Waals surface area (Å²) in [5.74, 6) is 0.550. The van der Waals surface area contributed by atoms with Gasteiger partial charge >= 0.3 is 11.7 Å². The molecular weight excluding hydrogens is 402 g/mol. The highest BCUT2D eigenvalue weighted by molar-refractivity contribution is 5.73. The molecule has 0 atom stereocenters. The quantitative estimate of drug-likeness (QED) is 0.428. The van der Waals surface area contributed by atoms with Gasteiger partial charge in [-0.25, -0.2) is 14.8 Å². The van der Waals surface area contributed by atoms with Crippen molar-refractivity contribution in [2.45, 2.75) is 19.9 Å². The Morgan fingerprint density at radius 3 is 2.61 bits per heavy atom. The minimum Gasteiger partial charge on any atom is -0.463 e. The molecule has 4 rings (SSSR count). The maximum absolute atomic E-state index is 12.4. The predicted octanol–water partition coefficient (Wildman–Crippen LogP) is 1.18. The fourth-order valence-corrected chi connectivity index (χ4v) is 3.31. The number of nitrogens with zero attached hydrogens (tertiary/aromatic N) is 5. The van der Waals surface area contributed by atoms with E-state index in [9.17, 15) is 14.4 Å². The summed E-state index contributed by atoms with van der Waals surface area (Å²) >= 11 is 0. The lowest BCUT2D eigenvalue weighted by Crippen LogP contribution is -2.37. The van der Waals surface area contributed by atoms with Crippen LogP contribution in [0.4, 0.5) is 0 Å². The van der Waals surface area contributed by atoms with E-state index in [1.807, 2.05) is 30.3 Å². The van der Waals surface area contributed by atoms with Gasteiger partial charge in [0.15, 0.2) is 11.2 Å². The Labute approximate surface area is 176 Å². The molecule has 160 valence electrons. The number of hydrogen-bond donors (Lipinski definition) is 0. The van der Waals surface area contributed by atoms with Gasteiger partial charge in [-0.05, 0) is 19.1 Å². The Kier molecular flexibility index (Phi) is 5.28. The second-order valence-corrected chi connectivity index (χ2v) is 7.10. The lowest BCUT2D eigenvalue weighted by Gasteiger charge is -2.07. The van der Waals surface area contributed by atoms with Crippen LogP contribution in [0.1, 0.15) is 11.5 Å². The van der Waals surface area contributed by atoms with Crippen LogP contribution in [0, 0.1) is 6.92 Å². The molecule has 0 radical (unpaired) electrons. The Morgan fingerprint density at radius 2 is 1.87 bits per heavy atom. The first-order valence-corrected chi connectivity index (χ1v) is 9.65. The summed E-state index contributed by atoms with van der Waals surface area (Å²) in [7, 11) is 2.96. The number of hydrogen-bond acceptors (Lipinski definition) is 7. The van der Waals surface area contributed by atoms with Gasteiger partial charge in [-0.2, -0.15) is 0 Å². The van der Waals surface area contributed by atoms with E-state index in [1.54, 1.807) is 18.5 Å². The van der Waals surface area contributed by atoms with Crippen LogP contribution in [0.5, 0.6) is 0 Å². The van der Waals surface area contributed by atoms with Gasteiger partial charge in [-0.15, -0.1) is 0 Å². The van der Waals surface area contributed by atoms with E-state index in [0.717, 1.165) is 10.1 Å². The molecule has 0 fully saturated rings. The predicted molar refractivity (Wildman–Crippen MR) is 112 cm³/mol. The number of benzene rings is 1. The SMILES string of the molecule is Cc1oc(-c2ccccc2)nc1CC(=O)OCCn1cnc2c1c(=O)n(C)c(=O)n2C. The molecule has 0 N–H and O–H groups in total. The number of carbonyl (C=O) groups is 1. The van der Waals surface area contributed by atoms with Gasteiger partial charge in [0, 0.05) is 19.7 Å². The molecule has 0 aliphatic carbocycles. The molecule has 0 aliphatic heterocycles. The summed E-state index contributed by atoms with van der Waals surface area (Å²) in [5.41, 5.74) is 1.00. The maximum Gasteiger partial charge on any atom is 0.332 e. The van der Waals surface area contributed by atoms with Gasteiger partial charge in [-0.1, -0.05) is 18.2 Å². The Hall–Kier alpha value is -3.95. The summed E-state index contributed by atoms with van der Waals surface area (Å²) in [6.07, 6.45) is 1.43. The van der Waals surface area contributed by atoms with Gasteiger partial charge in [-0.3, -0.25) is 18.7 Å². The number of aromatic nitrogens is 5. The lowest BCUT2D eigenvalue weighted by atomic mass is 10.2. The summed E-state index contributed by atoms with van der Waals surface area (Å²) < 4.78 is 14.9. The molecule has 0 spiro atoms. The number of fused-ring (bicyclic) bond motifs is 1. The van der Waals surface area contributed by atoms with Crippen LogP contribution in [0.15, 0.2) is 50.7 Å². The molecule has 3 heterocycles. The van der Waals surface area contributed by atoms with Crippen LogP contribution in [-0.2, 0) is 36.6 Å². The Bertz CT molecular complexity index is 1380. The summed E-state index contributed by atoms with van der Waals surface area (Å²) in [4.78, 5) is 45.3. The third-order valence-corrected chi connectivity index (χ3v) is 5.04. The molecule has 0 unspecified atom stereocenters. The van der Waals surface area contributed by atoms with Crippen molar-refractivity contribution in [1.29, 1.82) is 0 Å². The highest BCUT2D eigenvalue weighted by Gasteiger charge is 2.17. The molecule has 3 aromatic heterocycles. The first-order chi connectivity index (χ1) is 14.9. The van der Waals surface area contributed by atoms with E-state index in [0.29, 0.717) is 17.3 Å². The zero-order chi connectivity index (χ0) is 22.1. The second kappa shape index (κ2) is 8.05. The minimum absolute atomic E-state index is 0.0247. The van der Waals surface area contributed by atoms with E-state index in [1.165, 1.54) is 17.9 Å². The van der Waals surface area contributed by atoms with Crippen molar-refractivity contribution in [2.75, 3.05) is 6.61 Å². The molecular formula is C21H21N5O5. The lowest BCUT2D eigenvalue weighted by molar-refractivity contribution is -0.143. The zero-order valence-corrected chi connectivity index (χ0v) is 17.4. The van der Waals surface area contributed by atoms with Crippen LogP contribution in [-0.4, -0.2) is 36.2 Å². The molecule has 0 saturated heterocycles. The maximum atomic E-state index is 12.4. The minimum atomic E-state index is -0.458. The molecule has 1 aromatic carbocycles. The third kappa shape index (κ3) is 3.79.